The van der Waals surface area contributed by atoms with Crippen LogP contribution in [0.4, 0.5) is 5.69 Å². The summed E-state index contributed by atoms with van der Waals surface area (Å²) in [5, 5.41) is 14.2. The Labute approximate surface area is 223 Å². The van der Waals surface area contributed by atoms with Gasteiger partial charge >= 0.3 is 0 Å². The van der Waals surface area contributed by atoms with E-state index in [9.17, 15) is 4.79 Å². The van der Waals surface area contributed by atoms with Crippen LogP contribution >= 0.6 is 0 Å². The molecule has 1 atom stereocenters. The highest BCUT2D eigenvalue weighted by Crippen LogP contribution is 2.34. The fourth-order valence-electron chi connectivity index (χ4n) is 6.31. The molecule has 2 fully saturated rings. The van der Waals surface area contributed by atoms with Crippen LogP contribution in [0.3, 0.4) is 0 Å². The first-order chi connectivity index (χ1) is 18.5. The quantitative estimate of drug-likeness (QED) is 0.412. The van der Waals surface area contributed by atoms with Crippen molar-refractivity contribution in [2.75, 3.05) is 31.1 Å². The number of anilines is 1. The minimum atomic E-state index is -0.304. The van der Waals surface area contributed by atoms with E-state index in [0.717, 1.165) is 61.3 Å². The van der Waals surface area contributed by atoms with Gasteiger partial charge in [-0.1, -0.05) is 43.0 Å². The molecule has 6 rings (SSSR count). The molecular weight excluding hydrogens is 474 g/mol. The van der Waals surface area contributed by atoms with Crippen molar-refractivity contribution in [3.63, 3.8) is 0 Å². The lowest BCUT2D eigenvalue weighted by Crippen LogP contribution is -2.49. The van der Waals surface area contributed by atoms with Gasteiger partial charge in [0.05, 0.1) is 6.04 Å². The number of tetrazole rings is 1. The SMILES string of the molecule is Cc1ccc2[nH]c(=O)c([C@H](c3nnnn3C3CCCCC3)N3CCN(c4cccc(C)c4C)CC3)cc2c1. The van der Waals surface area contributed by atoms with Crippen molar-refractivity contribution in [3.05, 3.63) is 80.9 Å². The fourth-order valence-corrected chi connectivity index (χ4v) is 6.31. The second-order valence-corrected chi connectivity index (χ2v) is 11.1. The van der Waals surface area contributed by atoms with Crippen molar-refractivity contribution in [2.45, 2.75) is 65.0 Å². The van der Waals surface area contributed by atoms with Crippen molar-refractivity contribution < 1.29 is 0 Å². The predicted molar refractivity (Wildman–Crippen MR) is 151 cm³/mol. The van der Waals surface area contributed by atoms with Gasteiger partial charge in [-0.2, -0.15) is 0 Å². The molecule has 8 nitrogen and oxygen atoms in total. The van der Waals surface area contributed by atoms with Gasteiger partial charge in [-0.25, -0.2) is 4.68 Å². The Morgan fingerprint density at radius 1 is 0.947 bits per heavy atom. The van der Waals surface area contributed by atoms with Gasteiger partial charge in [0.2, 0.25) is 0 Å². The highest BCUT2D eigenvalue weighted by molar-refractivity contribution is 5.79. The molecule has 0 spiro atoms. The lowest BCUT2D eigenvalue weighted by molar-refractivity contribution is 0.192. The number of hydrogen-bond donors (Lipinski definition) is 1. The van der Waals surface area contributed by atoms with Crippen LogP contribution < -0.4 is 10.5 Å². The third-order valence-electron chi connectivity index (χ3n) is 8.60. The molecule has 1 saturated heterocycles. The standard InChI is InChI=1S/C30H37N7O/c1-20-12-13-26-23(18-20)19-25(30(38)31-26)28(29-32-33-34-37(29)24-9-5-4-6-10-24)36-16-14-35(15-17-36)27-11-7-8-21(2)22(27)3/h7-8,11-13,18-19,24,28H,4-6,9-10,14-17H2,1-3H3,(H,31,38)/t28-/m1/s1. The highest BCUT2D eigenvalue weighted by atomic mass is 16.1. The smallest absolute Gasteiger partial charge is 0.253 e. The maximum atomic E-state index is 13.6. The maximum absolute atomic E-state index is 13.6. The molecule has 0 unspecified atom stereocenters. The molecule has 0 amide bonds. The first kappa shape index (κ1) is 24.8. The van der Waals surface area contributed by atoms with Crippen LogP contribution in [0.5, 0.6) is 0 Å². The lowest BCUT2D eigenvalue weighted by atomic mass is 9.95. The molecule has 2 aromatic carbocycles. The fraction of sp³-hybridized carbons (Fsp3) is 0.467. The summed E-state index contributed by atoms with van der Waals surface area (Å²) in [5.41, 5.74) is 6.62. The molecule has 1 aliphatic carbocycles. The van der Waals surface area contributed by atoms with E-state index in [1.54, 1.807) is 0 Å². The molecule has 38 heavy (non-hydrogen) atoms. The molecule has 0 bridgehead atoms. The maximum Gasteiger partial charge on any atom is 0.253 e. The minimum absolute atomic E-state index is 0.0681. The Morgan fingerprint density at radius 3 is 2.53 bits per heavy atom. The van der Waals surface area contributed by atoms with Crippen LogP contribution in [0.1, 0.15) is 72.3 Å². The van der Waals surface area contributed by atoms with Crippen molar-refractivity contribution in [3.8, 4) is 0 Å². The molecule has 0 radical (unpaired) electrons. The molecule has 2 aliphatic rings. The number of nitrogens with zero attached hydrogens (tertiary/aromatic N) is 6. The second kappa shape index (κ2) is 10.3. The van der Waals surface area contributed by atoms with Gasteiger partial charge in [0.1, 0.15) is 6.04 Å². The van der Waals surface area contributed by atoms with Gasteiger partial charge in [-0.15, -0.1) is 5.10 Å². The van der Waals surface area contributed by atoms with E-state index in [1.165, 1.54) is 41.6 Å². The number of aromatic amines is 1. The van der Waals surface area contributed by atoms with Crippen LogP contribution in [-0.4, -0.2) is 56.3 Å². The molecular formula is C30H37N7O. The molecule has 8 heteroatoms. The lowest BCUT2D eigenvalue weighted by Gasteiger charge is -2.40. The Bertz CT molecular complexity index is 1490. The molecule has 3 heterocycles. The van der Waals surface area contributed by atoms with Crippen molar-refractivity contribution >= 4 is 16.6 Å². The zero-order valence-electron chi connectivity index (χ0n) is 22.7. The number of fused-ring (bicyclic) bond motifs is 1. The Hall–Kier alpha value is -3.52. The Kier molecular flexibility index (Phi) is 6.74. The number of nitrogens with one attached hydrogen (secondary N) is 1. The summed E-state index contributed by atoms with van der Waals surface area (Å²) >= 11 is 0. The third-order valence-corrected chi connectivity index (χ3v) is 8.60. The molecule has 1 N–H and O–H groups in total. The topological polar surface area (TPSA) is 82.9 Å². The molecule has 2 aromatic heterocycles. The van der Waals surface area contributed by atoms with Gasteiger partial charge in [-0.05, 0) is 84.8 Å². The second-order valence-electron chi connectivity index (χ2n) is 11.1. The average molecular weight is 512 g/mol. The van der Waals surface area contributed by atoms with Gasteiger partial charge in [0.15, 0.2) is 5.82 Å². The Balaban J connectivity index is 1.39. The van der Waals surface area contributed by atoms with E-state index in [0.29, 0.717) is 0 Å². The summed E-state index contributed by atoms with van der Waals surface area (Å²) in [6, 6.07) is 14.7. The zero-order valence-corrected chi connectivity index (χ0v) is 22.7. The van der Waals surface area contributed by atoms with Crippen molar-refractivity contribution in [1.29, 1.82) is 0 Å². The third kappa shape index (κ3) is 4.62. The summed E-state index contributed by atoms with van der Waals surface area (Å²) in [4.78, 5) is 21.6. The van der Waals surface area contributed by atoms with Gasteiger partial charge in [0, 0.05) is 42.9 Å². The van der Waals surface area contributed by atoms with Crippen LogP contribution in [0, 0.1) is 20.8 Å². The van der Waals surface area contributed by atoms with E-state index in [2.05, 4.69) is 81.4 Å². The average Bonchev–Trinajstić information content (AvgIpc) is 3.41. The summed E-state index contributed by atoms with van der Waals surface area (Å²) < 4.78 is 2.03. The number of H-pyrrole nitrogens is 1. The largest absolute Gasteiger partial charge is 0.369 e. The minimum Gasteiger partial charge on any atom is -0.369 e. The van der Waals surface area contributed by atoms with E-state index in [4.69, 9.17) is 0 Å². The monoisotopic (exact) mass is 511 g/mol. The Morgan fingerprint density at radius 2 is 1.74 bits per heavy atom. The molecule has 4 aromatic rings. The van der Waals surface area contributed by atoms with Crippen LogP contribution in [0.15, 0.2) is 47.3 Å². The van der Waals surface area contributed by atoms with Crippen LogP contribution in [0.25, 0.3) is 10.9 Å². The molecule has 1 saturated carbocycles. The van der Waals surface area contributed by atoms with Crippen LogP contribution in [-0.2, 0) is 0 Å². The summed E-state index contributed by atoms with van der Waals surface area (Å²) in [5.74, 6) is 0.787. The van der Waals surface area contributed by atoms with E-state index >= 15 is 0 Å². The van der Waals surface area contributed by atoms with Crippen LogP contribution in [0.2, 0.25) is 0 Å². The normalized spacial score (nSPS) is 18.2. The number of aryl methyl sites for hydroxylation is 2. The predicted octanol–water partition coefficient (Wildman–Crippen LogP) is 4.86. The van der Waals surface area contributed by atoms with Gasteiger partial charge in [-0.3, -0.25) is 9.69 Å². The number of pyridine rings is 1. The van der Waals surface area contributed by atoms with Crippen molar-refractivity contribution in [1.82, 2.24) is 30.1 Å². The van der Waals surface area contributed by atoms with Crippen molar-refractivity contribution in [2.24, 2.45) is 0 Å². The summed E-state index contributed by atoms with van der Waals surface area (Å²) in [7, 11) is 0. The first-order valence-corrected chi connectivity index (χ1v) is 14.0. The number of aromatic nitrogens is 5. The number of hydrogen-bond acceptors (Lipinski definition) is 6. The van der Waals surface area contributed by atoms with Gasteiger partial charge in [0.25, 0.3) is 5.56 Å². The summed E-state index contributed by atoms with van der Waals surface area (Å²) in [6.45, 7) is 9.87. The number of piperazine rings is 1. The molecule has 1 aliphatic heterocycles. The van der Waals surface area contributed by atoms with E-state index in [-0.39, 0.29) is 17.6 Å². The number of benzene rings is 2. The molecule has 198 valence electrons. The summed E-state index contributed by atoms with van der Waals surface area (Å²) in [6.07, 6.45) is 5.82. The number of rotatable bonds is 5. The van der Waals surface area contributed by atoms with Gasteiger partial charge < -0.3 is 9.88 Å². The first-order valence-electron chi connectivity index (χ1n) is 14.0. The van der Waals surface area contributed by atoms with E-state index < -0.39 is 0 Å². The zero-order chi connectivity index (χ0) is 26.2. The highest BCUT2D eigenvalue weighted by Gasteiger charge is 2.34. The van der Waals surface area contributed by atoms with E-state index in [1.807, 2.05) is 16.8 Å².